The minimum Gasteiger partial charge on any atom is -0.330 e. The van der Waals surface area contributed by atoms with E-state index < -0.39 is 0 Å². The standard InChI is InChI=1S/C10H15NS/c11-7-6-10(12)8-9-4-2-1-3-5-9/h1-5,10,12H,6-8,11H2. The van der Waals surface area contributed by atoms with Gasteiger partial charge in [-0.05, 0) is 24.9 Å². The highest BCUT2D eigenvalue weighted by molar-refractivity contribution is 7.80. The quantitative estimate of drug-likeness (QED) is 0.681. The van der Waals surface area contributed by atoms with Gasteiger partial charge in [-0.25, -0.2) is 0 Å². The third-order valence-electron chi connectivity index (χ3n) is 1.81. The van der Waals surface area contributed by atoms with Crippen molar-refractivity contribution in [1.29, 1.82) is 0 Å². The van der Waals surface area contributed by atoms with E-state index in [9.17, 15) is 0 Å². The summed E-state index contributed by atoms with van der Waals surface area (Å²) in [5.41, 5.74) is 6.77. The lowest BCUT2D eigenvalue weighted by molar-refractivity contribution is 0.767. The highest BCUT2D eigenvalue weighted by Gasteiger charge is 2.01. The Kier molecular flexibility index (Phi) is 4.19. The molecule has 0 amide bonds. The molecule has 0 saturated heterocycles. The van der Waals surface area contributed by atoms with Crippen LogP contribution in [0.5, 0.6) is 0 Å². The molecule has 12 heavy (non-hydrogen) atoms. The SMILES string of the molecule is NCCC(S)Cc1ccccc1. The van der Waals surface area contributed by atoms with Gasteiger partial charge >= 0.3 is 0 Å². The predicted molar refractivity (Wildman–Crippen MR) is 56.6 cm³/mol. The molecule has 2 N–H and O–H groups in total. The maximum Gasteiger partial charge on any atom is 0.00691 e. The first kappa shape index (κ1) is 9.62. The highest BCUT2D eigenvalue weighted by atomic mass is 32.1. The van der Waals surface area contributed by atoms with Crippen LogP contribution in [0.3, 0.4) is 0 Å². The molecular weight excluding hydrogens is 166 g/mol. The van der Waals surface area contributed by atoms with Gasteiger partial charge in [-0.1, -0.05) is 30.3 Å². The third kappa shape index (κ3) is 3.28. The number of rotatable bonds is 4. The first-order chi connectivity index (χ1) is 5.83. The lowest BCUT2D eigenvalue weighted by Gasteiger charge is -2.08. The van der Waals surface area contributed by atoms with E-state index in [0.717, 1.165) is 19.4 Å². The van der Waals surface area contributed by atoms with Crippen molar-refractivity contribution < 1.29 is 0 Å². The molecule has 0 aromatic heterocycles. The third-order valence-corrected chi connectivity index (χ3v) is 2.25. The molecule has 2 heteroatoms. The van der Waals surface area contributed by atoms with Gasteiger partial charge in [-0.3, -0.25) is 0 Å². The first-order valence-electron chi connectivity index (χ1n) is 4.25. The molecule has 0 spiro atoms. The van der Waals surface area contributed by atoms with E-state index >= 15 is 0 Å². The Morgan fingerprint density at radius 1 is 1.25 bits per heavy atom. The molecule has 1 nitrogen and oxygen atoms in total. The number of nitrogens with two attached hydrogens (primary N) is 1. The van der Waals surface area contributed by atoms with Crippen LogP contribution >= 0.6 is 12.6 Å². The molecule has 0 bridgehead atoms. The minimum atomic E-state index is 0.400. The molecular formula is C10H15NS. The monoisotopic (exact) mass is 181 g/mol. The molecule has 1 unspecified atom stereocenters. The zero-order valence-electron chi connectivity index (χ0n) is 7.11. The fourth-order valence-corrected chi connectivity index (χ4v) is 1.54. The van der Waals surface area contributed by atoms with Gasteiger partial charge in [0.05, 0.1) is 0 Å². The van der Waals surface area contributed by atoms with E-state index in [1.807, 2.05) is 6.07 Å². The Morgan fingerprint density at radius 2 is 1.92 bits per heavy atom. The molecule has 0 fully saturated rings. The summed E-state index contributed by atoms with van der Waals surface area (Å²) in [6, 6.07) is 10.4. The molecule has 66 valence electrons. The Labute approximate surface area is 79.4 Å². The van der Waals surface area contributed by atoms with Gasteiger partial charge in [0, 0.05) is 5.25 Å². The molecule has 1 aromatic carbocycles. The van der Waals surface area contributed by atoms with Crippen LogP contribution in [0, 0.1) is 0 Å². The number of benzene rings is 1. The van der Waals surface area contributed by atoms with Crippen LogP contribution in [0.4, 0.5) is 0 Å². The van der Waals surface area contributed by atoms with Gasteiger partial charge in [-0.2, -0.15) is 12.6 Å². The first-order valence-corrected chi connectivity index (χ1v) is 4.76. The lowest BCUT2D eigenvalue weighted by atomic mass is 10.1. The molecule has 0 aliphatic heterocycles. The molecule has 0 saturated carbocycles. The van der Waals surface area contributed by atoms with Crippen LogP contribution in [0.15, 0.2) is 30.3 Å². The van der Waals surface area contributed by atoms with E-state index in [2.05, 4.69) is 36.9 Å². The molecule has 0 aliphatic carbocycles. The van der Waals surface area contributed by atoms with Crippen LogP contribution in [-0.4, -0.2) is 11.8 Å². The van der Waals surface area contributed by atoms with Crippen LogP contribution in [0.25, 0.3) is 0 Å². The second-order valence-electron chi connectivity index (χ2n) is 2.92. The van der Waals surface area contributed by atoms with E-state index in [1.165, 1.54) is 5.56 Å². The van der Waals surface area contributed by atoms with Gasteiger partial charge in [-0.15, -0.1) is 0 Å². The van der Waals surface area contributed by atoms with Gasteiger partial charge < -0.3 is 5.73 Å². The Morgan fingerprint density at radius 3 is 2.50 bits per heavy atom. The van der Waals surface area contributed by atoms with Crippen molar-refractivity contribution in [3.8, 4) is 0 Å². The fraction of sp³-hybridized carbons (Fsp3) is 0.400. The molecule has 0 aliphatic rings. The summed E-state index contributed by atoms with van der Waals surface area (Å²) in [7, 11) is 0. The summed E-state index contributed by atoms with van der Waals surface area (Å²) in [6.45, 7) is 0.723. The van der Waals surface area contributed by atoms with Crippen LogP contribution in [0.1, 0.15) is 12.0 Å². The summed E-state index contributed by atoms with van der Waals surface area (Å²) in [5, 5.41) is 0.400. The van der Waals surface area contributed by atoms with Crippen LogP contribution in [-0.2, 0) is 6.42 Å². The van der Waals surface area contributed by atoms with Crippen molar-refractivity contribution in [2.24, 2.45) is 5.73 Å². The van der Waals surface area contributed by atoms with E-state index in [1.54, 1.807) is 0 Å². The second kappa shape index (κ2) is 5.22. The van der Waals surface area contributed by atoms with Gasteiger partial charge in [0.25, 0.3) is 0 Å². The summed E-state index contributed by atoms with van der Waals surface area (Å²) in [4.78, 5) is 0. The largest absolute Gasteiger partial charge is 0.330 e. The second-order valence-corrected chi connectivity index (χ2v) is 3.65. The molecule has 1 atom stereocenters. The van der Waals surface area contributed by atoms with Crippen molar-refractivity contribution in [2.45, 2.75) is 18.1 Å². The van der Waals surface area contributed by atoms with Crippen molar-refractivity contribution in [3.05, 3.63) is 35.9 Å². The summed E-state index contributed by atoms with van der Waals surface area (Å²) < 4.78 is 0. The van der Waals surface area contributed by atoms with Gasteiger partial charge in [0.2, 0.25) is 0 Å². The number of thiol groups is 1. The summed E-state index contributed by atoms with van der Waals surface area (Å²) in [6.07, 6.45) is 2.00. The number of hydrogen-bond acceptors (Lipinski definition) is 2. The Bertz CT molecular complexity index is 210. The summed E-state index contributed by atoms with van der Waals surface area (Å²) in [5.74, 6) is 0. The average molecular weight is 181 g/mol. The number of hydrogen-bond donors (Lipinski definition) is 2. The predicted octanol–water partition coefficient (Wildman–Crippen LogP) is 1.88. The maximum atomic E-state index is 5.43. The van der Waals surface area contributed by atoms with Crippen LogP contribution < -0.4 is 5.73 Å². The lowest BCUT2D eigenvalue weighted by Crippen LogP contribution is -2.10. The Balaban J connectivity index is 2.41. The average Bonchev–Trinajstić information content (AvgIpc) is 2.06. The maximum absolute atomic E-state index is 5.43. The molecule has 1 aromatic rings. The summed E-state index contributed by atoms with van der Waals surface area (Å²) >= 11 is 4.44. The molecule has 0 radical (unpaired) electrons. The zero-order chi connectivity index (χ0) is 8.81. The van der Waals surface area contributed by atoms with E-state index in [-0.39, 0.29) is 0 Å². The van der Waals surface area contributed by atoms with Crippen molar-refractivity contribution in [3.63, 3.8) is 0 Å². The van der Waals surface area contributed by atoms with Gasteiger partial charge in [0.15, 0.2) is 0 Å². The fourth-order valence-electron chi connectivity index (χ4n) is 1.18. The zero-order valence-corrected chi connectivity index (χ0v) is 8.00. The van der Waals surface area contributed by atoms with E-state index in [4.69, 9.17) is 5.73 Å². The Hall–Kier alpha value is -0.470. The molecule has 1 rings (SSSR count). The van der Waals surface area contributed by atoms with Gasteiger partial charge in [0.1, 0.15) is 0 Å². The van der Waals surface area contributed by atoms with E-state index in [0.29, 0.717) is 5.25 Å². The van der Waals surface area contributed by atoms with Crippen molar-refractivity contribution >= 4 is 12.6 Å². The van der Waals surface area contributed by atoms with Crippen molar-refractivity contribution in [2.75, 3.05) is 6.54 Å². The van der Waals surface area contributed by atoms with Crippen LogP contribution in [0.2, 0.25) is 0 Å². The highest BCUT2D eigenvalue weighted by Crippen LogP contribution is 2.09. The smallest absolute Gasteiger partial charge is 0.00691 e. The molecule has 0 heterocycles. The topological polar surface area (TPSA) is 26.0 Å². The van der Waals surface area contributed by atoms with Crippen molar-refractivity contribution in [1.82, 2.24) is 0 Å². The normalized spacial score (nSPS) is 12.8. The minimum absolute atomic E-state index is 0.400.